The van der Waals surface area contributed by atoms with Gasteiger partial charge in [-0.05, 0) is 53.9 Å². The van der Waals surface area contributed by atoms with Gasteiger partial charge in [0, 0.05) is 47.3 Å². The normalized spacial score (nSPS) is 11.0. The van der Waals surface area contributed by atoms with Crippen molar-refractivity contribution in [1.82, 2.24) is 19.1 Å². The highest BCUT2D eigenvalue weighted by Crippen LogP contribution is 2.26. The molecule has 0 saturated carbocycles. The van der Waals surface area contributed by atoms with Gasteiger partial charge in [-0.3, -0.25) is 9.13 Å². The fourth-order valence-electron chi connectivity index (χ4n) is 4.50. The number of hydrogen-bond acceptors (Lipinski definition) is 2. The molecule has 0 saturated heterocycles. The standard InChI is InChI=1S/C31H24N4/c1-3-13-28(14-4-1)34-19-17-32-30(34)26-11-7-9-24(22-26)21-25-10-8-12-27(23-25)31-33-18-20-35(31)29-15-5-2-6-16-29/h1-20,22-23H,21H2. The summed E-state index contributed by atoms with van der Waals surface area (Å²) >= 11 is 0. The summed E-state index contributed by atoms with van der Waals surface area (Å²) in [6, 6.07) is 37.9. The van der Waals surface area contributed by atoms with E-state index < -0.39 is 0 Å². The lowest BCUT2D eigenvalue weighted by Crippen LogP contribution is -1.98. The SMILES string of the molecule is c1ccc(-n2ccnc2-c2cccc(Cc3cccc(-c4nccn4-c4ccccc4)c3)c2)cc1. The second-order valence-corrected chi connectivity index (χ2v) is 8.49. The Balaban J connectivity index is 1.29. The topological polar surface area (TPSA) is 35.6 Å². The number of benzene rings is 4. The molecule has 0 spiro atoms. The molecule has 2 heterocycles. The van der Waals surface area contributed by atoms with E-state index in [0.29, 0.717) is 0 Å². The Morgan fingerprint density at radius 1 is 0.486 bits per heavy atom. The van der Waals surface area contributed by atoms with Gasteiger partial charge in [0.1, 0.15) is 11.6 Å². The number of hydrogen-bond donors (Lipinski definition) is 0. The zero-order chi connectivity index (χ0) is 23.5. The third kappa shape index (κ3) is 4.30. The molecule has 0 aliphatic carbocycles. The number of nitrogens with zero attached hydrogens (tertiary/aromatic N) is 4. The zero-order valence-corrected chi connectivity index (χ0v) is 19.2. The smallest absolute Gasteiger partial charge is 0.144 e. The van der Waals surface area contributed by atoms with Crippen LogP contribution in [0.3, 0.4) is 0 Å². The van der Waals surface area contributed by atoms with Crippen molar-refractivity contribution >= 4 is 0 Å². The fourth-order valence-corrected chi connectivity index (χ4v) is 4.50. The van der Waals surface area contributed by atoms with Gasteiger partial charge in [0.25, 0.3) is 0 Å². The molecule has 168 valence electrons. The van der Waals surface area contributed by atoms with Gasteiger partial charge < -0.3 is 0 Å². The third-order valence-corrected chi connectivity index (χ3v) is 6.13. The van der Waals surface area contributed by atoms with Gasteiger partial charge in [-0.15, -0.1) is 0 Å². The summed E-state index contributed by atoms with van der Waals surface area (Å²) in [5, 5.41) is 0. The molecule has 35 heavy (non-hydrogen) atoms. The molecule has 0 aliphatic rings. The van der Waals surface area contributed by atoms with Crippen LogP contribution in [0.1, 0.15) is 11.1 Å². The summed E-state index contributed by atoms with van der Waals surface area (Å²) in [5.41, 5.74) is 6.90. The van der Waals surface area contributed by atoms with Gasteiger partial charge in [-0.25, -0.2) is 9.97 Å². The van der Waals surface area contributed by atoms with Crippen LogP contribution in [0.4, 0.5) is 0 Å². The van der Waals surface area contributed by atoms with Crippen LogP contribution in [0.2, 0.25) is 0 Å². The van der Waals surface area contributed by atoms with Crippen molar-refractivity contribution in [2.24, 2.45) is 0 Å². The first-order chi connectivity index (χ1) is 17.3. The lowest BCUT2D eigenvalue weighted by atomic mass is 10.0. The van der Waals surface area contributed by atoms with E-state index in [4.69, 9.17) is 0 Å². The van der Waals surface area contributed by atoms with Crippen molar-refractivity contribution in [2.75, 3.05) is 0 Å². The molecule has 0 amide bonds. The van der Waals surface area contributed by atoms with E-state index in [0.717, 1.165) is 40.6 Å². The maximum Gasteiger partial charge on any atom is 0.144 e. The van der Waals surface area contributed by atoms with Gasteiger partial charge in [-0.2, -0.15) is 0 Å². The predicted molar refractivity (Wildman–Crippen MR) is 141 cm³/mol. The highest BCUT2D eigenvalue weighted by atomic mass is 15.1. The molecule has 6 aromatic rings. The van der Waals surface area contributed by atoms with Crippen LogP contribution >= 0.6 is 0 Å². The summed E-state index contributed by atoms with van der Waals surface area (Å²) in [6.07, 6.45) is 8.56. The van der Waals surface area contributed by atoms with E-state index in [-0.39, 0.29) is 0 Å². The van der Waals surface area contributed by atoms with E-state index in [1.807, 2.05) is 61.2 Å². The van der Waals surface area contributed by atoms with E-state index in [2.05, 4.69) is 91.9 Å². The summed E-state index contributed by atoms with van der Waals surface area (Å²) < 4.78 is 4.26. The van der Waals surface area contributed by atoms with Crippen LogP contribution in [0, 0.1) is 0 Å². The van der Waals surface area contributed by atoms with Crippen LogP contribution in [0.25, 0.3) is 34.2 Å². The Bertz CT molecular complexity index is 1440. The lowest BCUT2D eigenvalue weighted by molar-refractivity contribution is 1.06. The van der Waals surface area contributed by atoms with E-state index in [1.54, 1.807) is 0 Å². The van der Waals surface area contributed by atoms with Crippen molar-refractivity contribution in [3.05, 3.63) is 145 Å². The first-order valence-corrected chi connectivity index (χ1v) is 11.7. The minimum absolute atomic E-state index is 0.833. The van der Waals surface area contributed by atoms with E-state index >= 15 is 0 Å². The Morgan fingerprint density at radius 3 is 1.40 bits per heavy atom. The maximum atomic E-state index is 4.65. The minimum Gasteiger partial charge on any atom is -0.300 e. The van der Waals surface area contributed by atoms with Crippen LogP contribution in [0.15, 0.2) is 134 Å². The van der Waals surface area contributed by atoms with E-state index in [1.165, 1.54) is 11.1 Å². The molecule has 6 rings (SSSR count). The highest BCUT2D eigenvalue weighted by molar-refractivity contribution is 5.62. The molecule has 0 unspecified atom stereocenters. The maximum absolute atomic E-state index is 4.65. The zero-order valence-electron chi connectivity index (χ0n) is 19.2. The Kier molecular flexibility index (Phi) is 5.53. The van der Waals surface area contributed by atoms with Gasteiger partial charge in [0.05, 0.1) is 0 Å². The average molecular weight is 453 g/mol. The van der Waals surface area contributed by atoms with Crippen molar-refractivity contribution in [1.29, 1.82) is 0 Å². The van der Waals surface area contributed by atoms with Crippen LogP contribution in [0.5, 0.6) is 0 Å². The molecular formula is C31H24N4. The highest BCUT2D eigenvalue weighted by Gasteiger charge is 2.11. The predicted octanol–water partition coefficient (Wildman–Crippen LogP) is 6.98. The molecule has 0 radical (unpaired) electrons. The van der Waals surface area contributed by atoms with E-state index in [9.17, 15) is 0 Å². The van der Waals surface area contributed by atoms with Crippen molar-refractivity contribution in [3.8, 4) is 34.2 Å². The van der Waals surface area contributed by atoms with Gasteiger partial charge in [-0.1, -0.05) is 72.8 Å². The molecule has 0 aliphatic heterocycles. The summed E-state index contributed by atoms with van der Waals surface area (Å²) in [6.45, 7) is 0. The van der Waals surface area contributed by atoms with Crippen molar-refractivity contribution < 1.29 is 0 Å². The fraction of sp³-hybridized carbons (Fsp3) is 0.0323. The summed E-state index contributed by atoms with van der Waals surface area (Å²) in [7, 11) is 0. The van der Waals surface area contributed by atoms with Crippen LogP contribution in [-0.4, -0.2) is 19.1 Å². The Morgan fingerprint density at radius 2 is 0.943 bits per heavy atom. The van der Waals surface area contributed by atoms with Crippen LogP contribution in [-0.2, 0) is 6.42 Å². The number of rotatable bonds is 6. The quantitative estimate of drug-likeness (QED) is 0.273. The van der Waals surface area contributed by atoms with Gasteiger partial charge >= 0.3 is 0 Å². The number of aromatic nitrogens is 4. The summed E-state index contributed by atoms with van der Waals surface area (Å²) in [5.74, 6) is 1.88. The minimum atomic E-state index is 0.833. The second kappa shape index (κ2) is 9.27. The van der Waals surface area contributed by atoms with Crippen molar-refractivity contribution in [3.63, 3.8) is 0 Å². The first-order valence-electron chi connectivity index (χ1n) is 11.7. The molecule has 4 heteroatoms. The second-order valence-electron chi connectivity index (χ2n) is 8.49. The molecular weight excluding hydrogens is 428 g/mol. The van der Waals surface area contributed by atoms with Gasteiger partial charge in [0.2, 0.25) is 0 Å². The average Bonchev–Trinajstić information content (AvgIpc) is 3.61. The third-order valence-electron chi connectivity index (χ3n) is 6.13. The molecule has 0 bridgehead atoms. The number of imidazole rings is 2. The monoisotopic (exact) mass is 452 g/mol. The molecule has 0 N–H and O–H groups in total. The molecule has 0 atom stereocenters. The largest absolute Gasteiger partial charge is 0.300 e. The molecule has 0 fully saturated rings. The molecule has 2 aromatic heterocycles. The van der Waals surface area contributed by atoms with Crippen molar-refractivity contribution in [2.45, 2.75) is 6.42 Å². The Labute approximate surface area is 204 Å². The van der Waals surface area contributed by atoms with Gasteiger partial charge in [0.15, 0.2) is 0 Å². The first kappa shape index (κ1) is 20.9. The molecule has 4 nitrogen and oxygen atoms in total. The van der Waals surface area contributed by atoms with Crippen LogP contribution < -0.4 is 0 Å². The summed E-state index contributed by atoms with van der Waals surface area (Å²) in [4.78, 5) is 9.30. The lowest BCUT2D eigenvalue weighted by Gasteiger charge is -2.11. The molecule has 4 aromatic carbocycles. The Hall–Kier alpha value is -4.70. The number of para-hydroxylation sites is 2.